The second kappa shape index (κ2) is 6.87. The van der Waals surface area contributed by atoms with Crippen molar-refractivity contribution in [3.8, 4) is 11.4 Å². The fourth-order valence-corrected chi connectivity index (χ4v) is 2.27. The van der Waals surface area contributed by atoms with Gasteiger partial charge in [-0.1, -0.05) is 28.9 Å². The minimum absolute atomic E-state index is 0.159. The lowest BCUT2D eigenvalue weighted by atomic mass is 10.2. The maximum absolute atomic E-state index is 11.9. The fraction of sp³-hybridized carbons (Fsp3) is 0.357. The van der Waals surface area contributed by atoms with Gasteiger partial charge in [0.1, 0.15) is 6.10 Å². The first-order valence-electron chi connectivity index (χ1n) is 6.91. The summed E-state index contributed by atoms with van der Waals surface area (Å²) in [5, 5.41) is 10.3. The van der Waals surface area contributed by atoms with E-state index in [0.717, 1.165) is 12.1 Å². The molecule has 2 aromatic rings. The van der Waals surface area contributed by atoms with Crippen molar-refractivity contribution in [3.05, 3.63) is 35.2 Å². The largest absolute Gasteiger partial charge is 0.366 e. The summed E-state index contributed by atoms with van der Waals surface area (Å²) in [5.74, 6) is 0.559. The number of nitrogens with zero attached hydrogens (tertiary/aromatic N) is 2. The molecule has 3 rings (SSSR count). The first-order chi connectivity index (χ1) is 10.7. The summed E-state index contributed by atoms with van der Waals surface area (Å²) < 4.78 is 10.5. The third-order valence-electron chi connectivity index (χ3n) is 3.18. The monoisotopic (exact) mass is 322 g/mol. The molecule has 1 atom stereocenters. The highest BCUT2D eigenvalue weighted by Gasteiger charge is 2.22. The lowest BCUT2D eigenvalue weighted by molar-refractivity contribution is -0.134. The molecule has 22 heavy (non-hydrogen) atoms. The number of aromatic nitrogens is 2. The highest BCUT2D eigenvalue weighted by Crippen LogP contribution is 2.19. The van der Waals surface area contributed by atoms with E-state index in [1.54, 1.807) is 12.1 Å². The molecule has 1 amide bonds. The topological polar surface area (TPSA) is 89.3 Å². The van der Waals surface area contributed by atoms with Crippen LogP contribution in [0.4, 0.5) is 0 Å². The Morgan fingerprint density at radius 1 is 1.50 bits per heavy atom. The van der Waals surface area contributed by atoms with Crippen molar-refractivity contribution in [1.29, 1.82) is 0 Å². The molecular formula is C14H15ClN4O3. The Morgan fingerprint density at radius 2 is 2.41 bits per heavy atom. The summed E-state index contributed by atoms with van der Waals surface area (Å²) in [4.78, 5) is 16.1. The molecule has 0 aliphatic carbocycles. The Labute approximate surface area is 132 Å². The van der Waals surface area contributed by atoms with E-state index < -0.39 is 6.10 Å². The van der Waals surface area contributed by atoms with Crippen molar-refractivity contribution in [2.24, 2.45) is 0 Å². The van der Waals surface area contributed by atoms with Gasteiger partial charge in [-0.05, 0) is 12.1 Å². The standard InChI is InChI=1S/C14H15ClN4O3/c15-10-3-1-2-9(6-10)13-18-12(22-19-13)8-17-14(20)11-7-16-4-5-21-11/h1-3,6,11,16H,4-5,7-8H2,(H,17,20). The average Bonchev–Trinajstić information content (AvgIpc) is 3.02. The summed E-state index contributed by atoms with van der Waals surface area (Å²) in [6.45, 7) is 1.95. The zero-order valence-corrected chi connectivity index (χ0v) is 12.5. The summed E-state index contributed by atoms with van der Waals surface area (Å²) in [6, 6.07) is 7.16. The smallest absolute Gasteiger partial charge is 0.250 e. The molecule has 1 aliphatic heterocycles. The van der Waals surface area contributed by atoms with Crippen molar-refractivity contribution >= 4 is 17.5 Å². The molecule has 0 bridgehead atoms. The van der Waals surface area contributed by atoms with E-state index in [-0.39, 0.29) is 12.5 Å². The van der Waals surface area contributed by atoms with Crippen LogP contribution in [0, 0.1) is 0 Å². The molecule has 116 valence electrons. The number of rotatable bonds is 4. The van der Waals surface area contributed by atoms with Crippen molar-refractivity contribution in [2.75, 3.05) is 19.7 Å². The Hall–Kier alpha value is -1.96. The van der Waals surface area contributed by atoms with Crippen LogP contribution in [-0.2, 0) is 16.1 Å². The predicted octanol–water partition coefficient (Wildman–Crippen LogP) is 0.995. The van der Waals surface area contributed by atoms with Crippen LogP contribution >= 0.6 is 11.6 Å². The molecule has 2 N–H and O–H groups in total. The number of carbonyl (C=O) groups is 1. The van der Waals surface area contributed by atoms with Crippen molar-refractivity contribution in [3.63, 3.8) is 0 Å². The Balaban J connectivity index is 1.59. The molecule has 1 saturated heterocycles. The van der Waals surface area contributed by atoms with Crippen molar-refractivity contribution in [1.82, 2.24) is 20.8 Å². The minimum Gasteiger partial charge on any atom is -0.366 e. The van der Waals surface area contributed by atoms with Crippen LogP contribution in [0.5, 0.6) is 0 Å². The lowest BCUT2D eigenvalue weighted by Gasteiger charge is -2.22. The quantitative estimate of drug-likeness (QED) is 0.872. The van der Waals surface area contributed by atoms with Crippen LogP contribution in [0.1, 0.15) is 5.89 Å². The van der Waals surface area contributed by atoms with Crippen LogP contribution in [-0.4, -0.2) is 41.8 Å². The first kappa shape index (κ1) is 15.0. The predicted molar refractivity (Wildman–Crippen MR) is 79.2 cm³/mol. The highest BCUT2D eigenvalue weighted by molar-refractivity contribution is 6.30. The number of nitrogens with one attached hydrogen (secondary N) is 2. The number of hydrogen-bond donors (Lipinski definition) is 2. The zero-order chi connectivity index (χ0) is 15.4. The normalized spacial score (nSPS) is 18.1. The second-order valence-corrected chi connectivity index (χ2v) is 5.24. The average molecular weight is 323 g/mol. The lowest BCUT2D eigenvalue weighted by Crippen LogP contribution is -2.47. The zero-order valence-electron chi connectivity index (χ0n) is 11.7. The van der Waals surface area contributed by atoms with Crippen LogP contribution in [0.15, 0.2) is 28.8 Å². The molecule has 0 saturated carbocycles. The molecular weight excluding hydrogens is 308 g/mol. The van der Waals surface area contributed by atoms with E-state index in [1.807, 2.05) is 12.1 Å². The van der Waals surface area contributed by atoms with Gasteiger partial charge in [-0.3, -0.25) is 4.79 Å². The molecule has 2 heterocycles. The number of morpholine rings is 1. The van der Waals surface area contributed by atoms with Gasteiger partial charge in [0.05, 0.1) is 13.2 Å². The van der Waals surface area contributed by atoms with Crippen LogP contribution in [0.3, 0.4) is 0 Å². The molecule has 1 aliphatic rings. The summed E-state index contributed by atoms with van der Waals surface area (Å²) in [5.41, 5.74) is 0.758. The molecule has 8 heteroatoms. The van der Waals surface area contributed by atoms with E-state index in [1.165, 1.54) is 0 Å². The van der Waals surface area contributed by atoms with Crippen molar-refractivity contribution < 1.29 is 14.1 Å². The van der Waals surface area contributed by atoms with Crippen molar-refractivity contribution in [2.45, 2.75) is 12.6 Å². The molecule has 0 radical (unpaired) electrons. The minimum atomic E-state index is -0.482. The van der Waals surface area contributed by atoms with Gasteiger partial charge in [0.15, 0.2) is 0 Å². The molecule has 1 aromatic carbocycles. The van der Waals surface area contributed by atoms with E-state index >= 15 is 0 Å². The Bertz CT molecular complexity index is 655. The molecule has 1 fully saturated rings. The van der Waals surface area contributed by atoms with Gasteiger partial charge < -0.3 is 19.9 Å². The van der Waals surface area contributed by atoms with Gasteiger partial charge in [0, 0.05) is 23.7 Å². The number of carbonyl (C=O) groups excluding carboxylic acids is 1. The second-order valence-electron chi connectivity index (χ2n) is 4.80. The molecule has 0 spiro atoms. The summed E-state index contributed by atoms with van der Waals surface area (Å²) in [6.07, 6.45) is -0.482. The van der Waals surface area contributed by atoms with E-state index in [2.05, 4.69) is 20.8 Å². The fourth-order valence-electron chi connectivity index (χ4n) is 2.08. The third kappa shape index (κ3) is 3.62. The highest BCUT2D eigenvalue weighted by atomic mass is 35.5. The van der Waals surface area contributed by atoms with Gasteiger partial charge in [0.2, 0.25) is 11.7 Å². The van der Waals surface area contributed by atoms with Crippen LogP contribution in [0.25, 0.3) is 11.4 Å². The summed E-state index contributed by atoms with van der Waals surface area (Å²) in [7, 11) is 0. The van der Waals surface area contributed by atoms with Gasteiger partial charge in [0.25, 0.3) is 5.91 Å². The Morgan fingerprint density at radius 3 is 3.18 bits per heavy atom. The summed E-state index contributed by atoms with van der Waals surface area (Å²) >= 11 is 5.93. The molecule has 7 nitrogen and oxygen atoms in total. The van der Waals surface area contributed by atoms with Gasteiger partial charge in [-0.25, -0.2) is 0 Å². The van der Waals surface area contributed by atoms with E-state index in [0.29, 0.717) is 29.9 Å². The maximum Gasteiger partial charge on any atom is 0.250 e. The number of halogens is 1. The van der Waals surface area contributed by atoms with Gasteiger partial charge in [-0.2, -0.15) is 4.98 Å². The maximum atomic E-state index is 11.9. The Kier molecular flexibility index (Phi) is 4.67. The first-order valence-corrected chi connectivity index (χ1v) is 7.29. The number of ether oxygens (including phenoxy) is 1. The van der Waals surface area contributed by atoms with E-state index in [9.17, 15) is 4.79 Å². The van der Waals surface area contributed by atoms with Crippen LogP contribution < -0.4 is 10.6 Å². The van der Waals surface area contributed by atoms with Gasteiger partial charge in [-0.15, -0.1) is 0 Å². The number of hydrogen-bond acceptors (Lipinski definition) is 6. The molecule has 1 unspecified atom stereocenters. The number of benzene rings is 1. The third-order valence-corrected chi connectivity index (χ3v) is 3.42. The van der Waals surface area contributed by atoms with E-state index in [4.69, 9.17) is 20.9 Å². The number of amides is 1. The SMILES string of the molecule is O=C(NCc1nc(-c2cccc(Cl)c2)no1)C1CNCCO1. The van der Waals surface area contributed by atoms with Crippen LogP contribution in [0.2, 0.25) is 5.02 Å². The van der Waals surface area contributed by atoms with Gasteiger partial charge >= 0.3 is 0 Å². The molecule has 1 aromatic heterocycles.